The Bertz CT molecular complexity index is 161. The van der Waals surface area contributed by atoms with Crippen LogP contribution in [0.2, 0.25) is 0 Å². The minimum Gasteiger partial charge on any atom is -1.00 e. The fourth-order valence-corrected chi connectivity index (χ4v) is 0.600. The maximum atomic E-state index is 10.1. The van der Waals surface area contributed by atoms with Crippen molar-refractivity contribution >= 4 is 5.97 Å². The Morgan fingerprint density at radius 1 is 1.58 bits per heavy atom. The number of carbonyl (C=O) groups is 1. The molecule has 0 rings (SSSR count). The Labute approximate surface area is 94.7 Å². The van der Waals surface area contributed by atoms with Gasteiger partial charge in [-0.2, -0.15) is 0 Å². The fraction of sp³-hybridized carbons (Fsp3) is 0.571. The van der Waals surface area contributed by atoms with Gasteiger partial charge in [-0.15, -0.1) is 6.58 Å². The van der Waals surface area contributed by atoms with Crippen LogP contribution in [0.1, 0.15) is 20.7 Å². The molecule has 0 aliphatic rings. The van der Waals surface area contributed by atoms with E-state index >= 15 is 0 Å². The zero-order valence-corrected chi connectivity index (χ0v) is 9.16. The van der Waals surface area contributed by atoms with Crippen LogP contribution in [0.5, 0.6) is 0 Å². The number of hydrogen-bond donors (Lipinski definition) is 3. The van der Waals surface area contributed by atoms with Crippen LogP contribution in [0.4, 0.5) is 0 Å². The van der Waals surface area contributed by atoms with Gasteiger partial charge in [0, 0.05) is 6.42 Å². The summed E-state index contributed by atoms with van der Waals surface area (Å²) in [5.41, 5.74) is 0. The number of rotatable bonds is 5. The Balaban J connectivity index is -0.000000500. The average molecular weight is 184 g/mol. The molecule has 0 spiro atoms. The van der Waals surface area contributed by atoms with E-state index in [0.717, 1.165) is 0 Å². The monoisotopic (exact) mass is 184 g/mol. The van der Waals surface area contributed by atoms with E-state index < -0.39 is 11.8 Å². The van der Waals surface area contributed by atoms with Gasteiger partial charge in [0.25, 0.3) is 5.79 Å². The van der Waals surface area contributed by atoms with Crippen LogP contribution in [-0.2, 0) is 4.79 Å². The second kappa shape index (κ2) is 6.62. The molecular weight excluding hydrogens is 171 g/mol. The molecule has 0 aliphatic heterocycles. The van der Waals surface area contributed by atoms with E-state index in [1.807, 2.05) is 0 Å². The number of unbranched alkanes of at least 4 members (excludes halogenated alkanes) is 1. The summed E-state index contributed by atoms with van der Waals surface area (Å²) in [5.74, 6) is -4.19. The summed E-state index contributed by atoms with van der Waals surface area (Å²) in [7, 11) is 0. The smallest absolute Gasteiger partial charge is 1.00 e. The van der Waals surface area contributed by atoms with Gasteiger partial charge in [0.1, 0.15) is 0 Å². The van der Waals surface area contributed by atoms with Crippen molar-refractivity contribution in [2.45, 2.75) is 25.0 Å². The Morgan fingerprint density at radius 3 is 2.42 bits per heavy atom. The third-order valence-corrected chi connectivity index (χ3v) is 1.28. The first-order chi connectivity index (χ1) is 5.00. The fourth-order valence-electron chi connectivity index (χ4n) is 0.600. The van der Waals surface area contributed by atoms with Gasteiger partial charge in [0.2, 0.25) is 0 Å². The van der Waals surface area contributed by atoms with Crippen molar-refractivity contribution < 1.29 is 51.1 Å². The number of aliphatic hydroxyl groups is 2. The summed E-state index contributed by atoms with van der Waals surface area (Å²) in [4.78, 5) is 10.1. The quantitative estimate of drug-likeness (QED) is 0.187. The van der Waals surface area contributed by atoms with E-state index in [2.05, 4.69) is 6.58 Å². The Hall–Kier alpha value is 0.130. The van der Waals surface area contributed by atoms with Crippen molar-refractivity contribution in [2.75, 3.05) is 0 Å². The summed E-state index contributed by atoms with van der Waals surface area (Å²) >= 11 is 0. The van der Waals surface area contributed by atoms with E-state index in [0.29, 0.717) is 12.8 Å². The molecule has 0 aromatic rings. The Kier molecular flexibility index (Phi) is 8.08. The molecule has 0 radical (unpaired) electrons. The van der Waals surface area contributed by atoms with Crippen LogP contribution in [0, 0.1) is 0 Å². The van der Waals surface area contributed by atoms with E-state index in [1.165, 1.54) is 0 Å². The average Bonchev–Trinajstić information content (AvgIpc) is 1.88. The summed E-state index contributed by atoms with van der Waals surface area (Å²) in [6.45, 7) is 3.41. The molecule has 0 heterocycles. The minimum atomic E-state index is -2.58. The zero-order valence-electron chi connectivity index (χ0n) is 8.16. The van der Waals surface area contributed by atoms with Gasteiger partial charge in [0.05, 0.1) is 0 Å². The predicted octanol–water partition coefficient (Wildman–Crippen LogP) is -2.78. The molecule has 0 aromatic heterocycles. The van der Waals surface area contributed by atoms with Crippen molar-refractivity contribution in [2.24, 2.45) is 0 Å². The summed E-state index contributed by atoms with van der Waals surface area (Å²) in [6, 6.07) is 0. The molecule has 5 heteroatoms. The predicted molar refractivity (Wildman–Crippen MR) is 40.0 cm³/mol. The molecule has 3 N–H and O–H groups in total. The van der Waals surface area contributed by atoms with Gasteiger partial charge in [-0.25, -0.2) is 4.79 Å². The molecule has 4 nitrogen and oxygen atoms in total. The van der Waals surface area contributed by atoms with Crippen LogP contribution in [0.3, 0.4) is 0 Å². The largest absolute Gasteiger partial charge is 1.00 e. The van der Waals surface area contributed by atoms with Crippen molar-refractivity contribution in [3.63, 3.8) is 0 Å². The topological polar surface area (TPSA) is 77.8 Å². The van der Waals surface area contributed by atoms with Crippen LogP contribution < -0.4 is 29.6 Å². The molecule has 0 unspecified atom stereocenters. The molecule has 0 aromatic carbocycles. The van der Waals surface area contributed by atoms with Crippen molar-refractivity contribution in [1.82, 2.24) is 0 Å². The summed E-state index contributed by atoms with van der Waals surface area (Å²) in [5, 5.41) is 25.7. The van der Waals surface area contributed by atoms with Crippen LogP contribution >= 0.6 is 0 Å². The molecule has 0 bridgehead atoms. The van der Waals surface area contributed by atoms with Gasteiger partial charge in [-0.3, -0.25) is 0 Å². The third-order valence-electron chi connectivity index (χ3n) is 1.28. The van der Waals surface area contributed by atoms with Crippen molar-refractivity contribution in [1.29, 1.82) is 0 Å². The second-order valence-electron chi connectivity index (χ2n) is 2.30. The number of hydrogen-bond acceptors (Lipinski definition) is 3. The van der Waals surface area contributed by atoms with Gasteiger partial charge >= 0.3 is 35.5 Å². The first-order valence-corrected chi connectivity index (χ1v) is 3.29. The Morgan fingerprint density at radius 2 is 2.08 bits per heavy atom. The van der Waals surface area contributed by atoms with E-state index in [9.17, 15) is 4.79 Å². The van der Waals surface area contributed by atoms with Crippen molar-refractivity contribution in [3.8, 4) is 0 Å². The van der Waals surface area contributed by atoms with Crippen molar-refractivity contribution in [3.05, 3.63) is 12.7 Å². The molecule has 0 aliphatic carbocycles. The molecule has 66 valence electrons. The molecule has 12 heavy (non-hydrogen) atoms. The van der Waals surface area contributed by atoms with Gasteiger partial charge in [-0.05, 0) is 12.8 Å². The molecule has 0 saturated carbocycles. The minimum absolute atomic E-state index is 0. The number of carboxylic acid groups (broad SMARTS) is 1. The maximum Gasteiger partial charge on any atom is 1.00 e. The van der Waals surface area contributed by atoms with Crippen LogP contribution in [0.25, 0.3) is 0 Å². The molecule has 0 saturated heterocycles. The van der Waals surface area contributed by atoms with E-state index in [4.69, 9.17) is 15.3 Å². The van der Waals surface area contributed by atoms with Gasteiger partial charge < -0.3 is 16.7 Å². The molecular formula is C7H13NaO4. The van der Waals surface area contributed by atoms with Gasteiger partial charge in [0.15, 0.2) is 0 Å². The molecule has 0 amide bonds. The first kappa shape index (κ1) is 14.6. The second-order valence-corrected chi connectivity index (χ2v) is 2.30. The first-order valence-electron chi connectivity index (χ1n) is 3.29. The SMILES string of the molecule is C=CCCCC(O)(O)C(=O)O.[H-].[Na+]. The summed E-state index contributed by atoms with van der Waals surface area (Å²) < 4.78 is 0. The third kappa shape index (κ3) is 5.74. The maximum absolute atomic E-state index is 10.1. The van der Waals surface area contributed by atoms with Crippen LogP contribution in [-0.4, -0.2) is 27.1 Å². The number of aliphatic carboxylic acids is 1. The van der Waals surface area contributed by atoms with E-state index in [1.54, 1.807) is 6.08 Å². The standard InChI is InChI=1S/C7H12O4.Na.H/c1-2-3-4-5-7(10,11)6(8)9;;/h2,10-11H,1,3-5H2,(H,8,9);;/q;+1;-1. The zero-order chi connectivity index (χ0) is 8.91. The molecule has 0 atom stereocenters. The molecule has 0 fully saturated rings. The van der Waals surface area contributed by atoms with Crippen LogP contribution in [0.15, 0.2) is 12.7 Å². The normalized spacial score (nSPS) is 10.2. The van der Waals surface area contributed by atoms with E-state index in [-0.39, 0.29) is 37.4 Å². The number of allylic oxidation sites excluding steroid dienone is 1. The summed E-state index contributed by atoms with van der Waals surface area (Å²) in [6.07, 6.45) is 2.41. The van der Waals surface area contributed by atoms with Gasteiger partial charge in [-0.1, -0.05) is 6.08 Å². The number of carboxylic acids is 1.